The molecular weight excluding hydrogens is 232 g/mol. The first-order valence-electron chi connectivity index (χ1n) is 5.63. The number of nitrogens with two attached hydrogens (primary N) is 1. The molecule has 0 bridgehead atoms. The van der Waals surface area contributed by atoms with Crippen LogP contribution in [0.1, 0.15) is 16.0 Å². The van der Waals surface area contributed by atoms with Gasteiger partial charge in [-0.3, -0.25) is 0 Å². The van der Waals surface area contributed by atoms with Gasteiger partial charge in [0.25, 0.3) is 0 Å². The fourth-order valence-corrected chi connectivity index (χ4v) is 3.09. The first-order chi connectivity index (χ1) is 8.25. The first kappa shape index (κ1) is 10.5. The third kappa shape index (κ3) is 1.76. The second-order valence-electron chi connectivity index (χ2n) is 4.25. The maximum Gasteiger partial charge on any atom is 0.137 e. The summed E-state index contributed by atoms with van der Waals surface area (Å²) in [6.07, 6.45) is 2.64. The molecule has 2 aromatic rings. The van der Waals surface area contributed by atoms with Gasteiger partial charge in [-0.1, -0.05) is 0 Å². The monoisotopic (exact) mass is 246 g/mol. The van der Waals surface area contributed by atoms with Gasteiger partial charge < -0.3 is 10.6 Å². The van der Waals surface area contributed by atoms with Crippen LogP contribution in [0.3, 0.4) is 0 Å². The van der Waals surface area contributed by atoms with Gasteiger partial charge in [0.2, 0.25) is 0 Å². The number of nitrogen functional groups attached to an aromatic ring is 1. The Hall–Kier alpha value is -1.62. The average molecular weight is 246 g/mol. The van der Waals surface area contributed by atoms with Crippen LogP contribution in [0.4, 0.5) is 11.6 Å². The molecule has 1 aliphatic rings. The second-order valence-corrected chi connectivity index (χ2v) is 5.25. The maximum atomic E-state index is 5.83. The van der Waals surface area contributed by atoms with Crippen LogP contribution in [0.2, 0.25) is 0 Å². The zero-order valence-electron chi connectivity index (χ0n) is 9.68. The van der Waals surface area contributed by atoms with Crippen LogP contribution in [0.15, 0.2) is 17.8 Å². The molecule has 2 N–H and O–H groups in total. The van der Waals surface area contributed by atoms with E-state index >= 15 is 0 Å². The summed E-state index contributed by atoms with van der Waals surface area (Å²) in [7, 11) is 0. The number of nitrogens with zero attached hydrogens (tertiary/aromatic N) is 3. The van der Waals surface area contributed by atoms with Gasteiger partial charge in [-0.15, -0.1) is 11.3 Å². The molecule has 17 heavy (non-hydrogen) atoms. The summed E-state index contributed by atoms with van der Waals surface area (Å²) in [5.41, 5.74) is 8.22. The molecule has 0 aliphatic carbocycles. The van der Waals surface area contributed by atoms with Gasteiger partial charge in [-0.25, -0.2) is 9.97 Å². The highest BCUT2D eigenvalue weighted by atomic mass is 32.1. The fourth-order valence-electron chi connectivity index (χ4n) is 2.20. The molecule has 2 aromatic heterocycles. The molecule has 0 saturated carbocycles. The van der Waals surface area contributed by atoms with Gasteiger partial charge in [0.15, 0.2) is 0 Å². The number of hydrogen-bond donors (Lipinski definition) is 1. The van der Waals surface area contributed by atoms with Gasteiger partial charge >= 0.3 is 0 Å². The number of thiophene rings is 1. The smallest absolute Gasteiger partial charge is 0.137 e. The van der Waals surface area contributed by atoms with Crippen molar-refractivity contribution in [1.82, 2.24) is 9.97 Å². The van der Waals surface area contributed by atoms with Gasteiger partial charge in [0, 0.05) is 23.5 Å². The lowest BCUT2D eigenvalue weighted by Gasteiger charge is -2.29. The second kappa shape index (κ2) is 4.00. The van der Waals surface area contributed by atoms with Gasteiger partial charge in [0.1, 0.15) is 18.0 Å². The fraction of sp³-hybridized carbons (Fsp3) is 0.333. The minimum atomic E-state index is 0.575. The lowest BCUT2D eigenvalue weighted by Crippen LogP contribution is -2.31. The van der Waals surface area contributed by atoms with Crippen molar-refractivity contribution in [3.63, 3.8) is 0 Å². The largest absolute Gasteiger partial charge is 0.383 e. The lowest BCUT2D eigenvalue weighted by atomic mass is 10.1. The van der Waals surface area contributed by atoms with Crippen molar-refractivity contribution >= 4 is 23.0 Å². The summed E-state index contributed by atoms with van der Waals surface area (Å²) in [5, 5.41) is 2.16. The molecule has 0 spiro atoms. The number of hydrogen-bond acceptors (Lipinski definition) is 5. The molecule has 0 atom stereocenters. The van der Waals surface area contributed by atoms with E-state index in [9.17, 15) is 0 Å². The van der Waals surface area contributed by atoms with Gasteiger partial charge in [-0.05, 0) is 30.4 Å². The van der Waals surface area contributed by atoms with Crippen LogP contribution in [0.25, 0.3) is 0 Å². The molecule has 88 valence electrons. The average Bonchev–Trinajstić information content (AvgIpc) is 2.79. The molecule has 3 rings (SSSR count). The van der Waals surface area contributed by atoms with Crippen molar-refractivity contribution in [2.24, 2.45) is 0 Å². The molecular formula is C12H14N4S. The Balaban J connectivity index is 1.94. The van der Waals surface area contributed by atoms with Crippen LogP contribution in [-0.4, -0.2) is 16.5 Å². The molecule has 0 fully saturated rings. The number of anilines is 2. The van der Waals surface area contributed by atoms with E-state index in [4.69, 9.17) is 5.73 Å². The SMILES string of the molecule is Cc1c(N)ncnc1N1CCc2sccc2C1. The molecule has 0 unspecified atom stereocenters. The Morgan fingerprint density at radius 2 is 2.29 bits per heavy atom. The van der Waals surface area contributed by atoms with Crippen LogP contribution in [-0.2, 0) is 13.0 Å². The van der Waals surface area contributed by atoms with E-state index in [1.165, 1.54) is 10.4 Å². The van der Waals surface area contributed by atoms with Crippen LogP contribution in [0.5, 0.6) is 0 Å². The lowest BCUT2D eigenvalue weighted by molar-refractivity contribution is 0.727. The van der Waals surface area contributed by atoms with Crippen LogP contribution < -0.4 is 10.6 Å². The molecule has 5 heteroatoms. The summed E-state index contributed by atoms with van der Waals surface area (Å²) in [4.78, 5) is 12.1. The van der Waals surface area contributed by atoms with E-state index in [2.05, 4.69) is 26.3 Å². The normalized spacial score (nSPS) is 14.8. The molecule has 0 amide bonds. The third-order valence-corrected chi connectivity index (χ3v) is 4.23. The summed E-state index contributed by atoms with van der Waals surface area (Å²) >= 11 is 1.85. The predicted octanol–water partition coefficient (Wildman–Crippen LogP) is 1.99. The zero-order valence-corrected chi connectivity index (χ0v) is 10.5. The van der Waals surface area contributed by atoms with E-state index in [1.807, 2.05) is 18.3 Å². The van der Waals surface area contributed by atoms with Crippen molar-refractivity contribution in [3.05, 3.63) is 33.8 Å². The van der Waals surface area contributed by atoms with Crippen LogP contribution >= 0.6 is 11.3 Å². The molecule has 1 aliphatic heterocycles. The van der Waals surface area contributed by atoms with E-state index < -0.39 is 0 Å². The van der Waals surface area contributed by atoms with Crippen molar-refractivity contribution in [3.8, 4) is 0 Å². The standard InChI is InChI=1S/C12H14N4S/c1-8-11(13)14-7-15-12(8)16-4-2-10-9(6-16)3-5-17-10/h3,5,7H,2,4,6H2,1H3,(H2,13,14,15). The molecule has 4 nitrogen and oxygen atoms in total. The van der Waals surface area contributed by atoms with E-state index in [-0.39, 0.29) is 0 Å². The quantitative estimate of drug-likeness (QED) is 0.836. The van der Waals surface area contributed by atoms with E-state index in [0.717, 1.165) is 30.9 Å². The van der Waals surface area contributed by atoms with E-state index in [1.54, 1.807) is 6.33 Å². The minimum absolute atomic E-state index is 0.575. The highest BCUT2D eigenvalue weighted by Gasteiger charge is 2.20. The van der Waals surface area contributed by atoms with Crippen molar-refractivity contribution in [2.75, 3.05) is 17.2 Å². The predicted molar refractivity (Wildman–Crippen MR) is 70.3 cm³/mol. The Kier molecular flexibility index (Phi) is 2.48. The highest BCUT2D eigenvalue weighted by Crippen LogP contribution is 2.29. The van der Waals surface area contributed by atoms with Gasteiger partial charge in [-0.2, -0.15) is 0 Å². The number of aromatic nitrogens is 2. The Morgan fingerprint density at radius 1 is 1.41 bits per heavy atom. The Labute approximate surface area is 104 Å². The summed E-state index contributed by atoms with van der Waals surface area (Å²) in [6, 6.07) is 2.20. The minimum Gasteiger partial charge on any atom is -0.383 e. The highest BCUT2D eigenvalue weighted by molar-refractivity contribution is 7.10. The Bertz CT molecular complexity index is 549. The van der Waals surface area contributed by atoms with Crippen molar-refractivity contribution < 1.29 is 0 Å². The molecule has 3 heterocycles. The topological polar surface area (TPSA) is 55.0 Å². The van der Waals surface area contributed by atoms with Crippen molar-refractivity contribution in [2.45, 2.75) is 19.9 Å². The zero-order chi connectivity index (χ0) is 11.8. The maximum absolute atomic E-state index is 5.83. The molecule has 0 aromatic carbocycles. The Morgan fingerprint density at radius 3 is 3.18 bits per heavy atom. The van der Waals surface area contributed by atoms with Crippen molar-refractivity contribution in [1.29, 1.82) is 0 Å². The third-order valence-electron chi connectivity index (χ3n) is 3.20. The van der Waals surface area contributed by atoms with Gasteiger partial charge in [0.05, 0.1) is 0 Å². The number of rotatable bonds is 1. The summed E-state index contributed by atoms with van der Waals surface area (Å²) < 4.78 is 0. The summed E-state index contributed by atoms with van der Waals surface area (Å²) in [5.74, 6) is 1.54. The van der Waals surface area contributed by atoms with Crippen LogP contribution in [0, 0.1) is 6.92 Å². The first-order valence-corrected chi connectivity index (χ1v) is 6.51. The molecule has 0 saturated heterocycles. The van der Waals surface area contributed by atoms with E-state index in [0.29, 0.717) is 5.82 Å². The molecule has 0 radical (unpaired) electrons. The number of fused-ring (bicyclic) bond motifs is 1. The summed E-state index contributed by atoms with van der Waals surface area (Å²) in [6.45, 7) is 3.91.